The molecule has 3 heteroatoms. The van der Waals surface area contributed by atoms with Crippen molar-refractivity contribution in [3.8, 4) is 0 Å². The van der Waals surface area contributed by atoms with E-state index in [-0.39, 0.29) is 11.8 Å². The predicted octanol–water partition coefficient (Wildman–Crippen LogP) is 2.83. The largest absolute Gasteiger partial charge is 0.279 e. The van der Waals surface area contributed by atoms with Gasteiger partial charge in [0.05, 0.1) is 0 Å². The molecule has 0 spiro atoms. The van der Waals surface area contributed by atoms with Gasteiger partial charge in [0.1, 0.15) is 0 Å². The lowest BCUT2D eigenvalue weighted by Crippen LogP contribution is -2.38. The van der Waals surface area contributed by atoms with E-state index >= 15 is 0 Å². The zero-order valence-corrected chi connectivity index (χ0v) is 10.6. The number of amides is 2. The predicted molar refractivity (Wildman–Crippen MR) is 68.4 cm³/mol. The number of allylic oxidation sites excluding steroid dienone is 1. The number of carbonyl (C=O) groups is 2. The van der Waals surface area contributed by atoms with E-state index in [4.69, 9.17) is 0 Å². The van der Waals surface area contributed by atoms with Crippen molar-refractivity contribution < 1.29 is 9.59 Å². The molecule has 0 unspecified atom stereocenters. The summed E-state index contributed by atoms with van der Waals surface area (Å²) in [5.41, 5.74) is 1.28. The Morgan fingerprint density at radius 2 is 2.12 bits per heavy atom. The smallest absolute Gasteiger partial charge is 0.252 e. The summed E-state index contributed by atoms with van der Waals surface area (Å²) in [6.07, 6.45) is 8.60. The molecule has 0 radical (unpaired) electrons. The van der Waals surface area contributed by atoms with Crippen LogP contribution < -0.4 is 0 Å². The molecule has 1 heterocycles. The van der Waals surface area contributed by atoms with E-state index in [1.165, 1.54) is 16.5 Å². The molecule has 0 aromatic rings. The van der Waals surface area contributed by atoms with Gasteiger partial charge in [-0.2, -0.15) is 0 Å². The molecule has 17 heavy (non-hydrogen) atoms. The van der Waals surface area contributed by atoms with E-state index in [0.717, 1.165) is 32.1 Å². The van der Waals surface area contributed by atoms with E-state index in [1.54, 1.807) is 6.08 Å². The molecule has 3 nitrogen and oxygen atoms in total. The van der Waals surface area contributed by atoms with Crippen LogP contribution in [0.4, 0.5) is 0 Å². The van der Waals surface area contributed by atoms with Crippen molar-refractivity contribution in [3.63, 3.8) is 0 Å². The van der Waals surface area contributed by atoms with Crippen LogP contribution in [0, 0.1) is 0 Å². The first-order valence-electron chi connectivity index (χ1n) is 6.32. The fourth-order valence-electron chi connectivity index (χ4n) is 1.82. The summed E-state index contributed by atoms with van der Waals surface area (Å²) in [5.74, 6) is -0.241. The highest BCUT2D eigenvalue weighted by Gasteiger charge is 2.20. The van der Waals surface area contributed by atoms with Crippen molar-refractivity contribution in [3.05, 3.63) is 24.3 Å². The van der Waals surface area contributed by atoms with E-state index in [1.807, 2.05) is 0 Å². The minimum absolute atomic E-state index is 0.0736. The van der Waals surface area contributed by atoms with Gasteiger partial charge in [-0.3, -0.25) is 14.5 Å². The topological polar surface area (TPSA) is 37.4 Å². The fourth-order valence-corrected chi connectivity index (χ4v) is 1.82. The fraction of sp³-hybridized carbons (Fsp3) is 0.571. The van der Waals surface area contributed by atoms with Crippen molar-refractivity contribution >= 4 is 11.8 Å². The van der Waals surface area contributed by atoms with Crippen LogP contribution in [0.1, 0.15) is 45.4 Å². The maximum atomic E-state index is 11.5. The van der Waals surface area contributed by atoms with Crippen LogP contribution >= 0.6 is 0 Å². The number of rotatable bonds is 7. The summed E-state index contributed by atoms with van der Waals surface area (Å²) < 4.78 is 0. The Hall–Kier alpha value is -1.38. The molecule has 0 aromatic heterocycles. The van der Waals surface area contributed by atoms with Crippen molar-refractivity contribution in [2.24, 2.45) is 0 Å². The second kappa shape index (κ2) is 7.05. The van der Waals surface area contributed by atoms with Gasteiger partial charge in [0.15, 0.2) is 0 Å². The molecule has 0 N–H and O–H groups in total. The average Bonchev–Trinajstić information content (AvgIpc) is 2.31. The summed E-state index contributed by atoms with van der Waals surface area (Å²) in [6.45, 7) is 6.62. The summed E-state index contributed by atoms with van der Waals surface area (Å²) >= 11 is 0. The molecule has 94 valence electrons. The highest BCUT2D eigenvalue weighted by molar-refractivity contribution is 6.04. The van der Waals surface area contributed by atoms with Gasteiger partial charge in [0.25, 0.3) is 5.91 Å². The van der Waals surface area contributed by atoms with Crippen LogP contribution in [0.3, 0.4) is 0 Å². The Kier molecular flexibility index (Phi) is 5.67. The highest BCUT2D eigenvalue weighted by Crippen LogP contribution is 2.12. The number of hydrogen-bond donors (Lipinski definition) is 0. The minimum atomic E-state index is -0.167. The molecule has 0 aliphatic carbocycles. The van der Waals surface area contributed by atoms with Crippen LogP contribution in [0.2, 0.25) is 0 Å². The Bertz CT molecular complexity index is 331. The van der Waals surface area contributed by atoms with Gasteiger partial charge in [0.2, 0.25) is 5.91 Å². The molecular weight excluding hydrogens is 214 g/mol. The number of imide groups is 1. The first-order valence-corrected chi connectivity index (χ1v) is 6.32. The summed E-state index contributed by atoms with van der Waals surface area (Å²) in [5, 5.41) is 0. The van der Waals surface area contributed by atoms with E-state index in [2.05, 4.69) is 13.5 Å². The Morgan fingerprint density at radius 3 is 2.76 bits per heavy atom. The third-order valence-electron chi connectivity index (χ3n) is 3.03. The van der Waals surface area contributed by atoms with Crippen molar-refractivity contribution in [2.45, 2.75) is 45.4 Å². The molecule has 2 amide bonds. The average molecular weight is 235 g/mol. The van der Waals surface area contributed by atoms with Crippen molar-refractivity contribution in [1.29, 1.82) is 0 Å². The Morgan fingerprint density at radius 1 is 1.35 bits per heavy atom. The SMILES string of the molecule is C=C(CC)CCCCCN1C(=O)C=CCC1=O. The molecule has 0 atom stereocenters. The molecule has 0 bridgehead atoms. The summed E-state index contributed by atoms with van der Waals surface area (Å²) in [7, 11) is 0. The molecule has 1 aliphatic rings. The standard InChI is InChI=1S/C14H21NO2/c1-3-12(2)8-5-4-6-11-15-13(16)9-7-10-14(15)17/h7,9H,2-6,8,10-11H2,1H3. The quantitative estimate of drug-likeness (QED) is 0.386. The lowest BCUT2D eigenvalue weighted by Gasteiger charge is -2.21. The van der Waals surface area contributed by atoms with Crippen LogP contribution in [0.15, 0.2) is 24.3 Å². The van der Waals surface area contributed by atoms with Gasteiger partial charge in [-0.15, -0.1) is 0 Å². The maximum Gasteiger partial charge on any atom is 0.252 e. The zero-order chi connectivity index (χ0) is 12.7. The van der Waals surface area contributed by atoms with Crippen LogP contribution in [0.25, 0.3) is 0 Å². The first kappa shape index (κ1) is 13.7. The molecule has 0 saturated carbocycles. The Balaban J connectivity index is 2.18. The van der Waals surface area contributed by atoms with Crippen molar-refractivity contribution in [2.75, 3.05) is 6.54 Å². The Labute approximate surface area is 103 Å². The molecule has 0 aromatic carbocycles. The van der Waals surface area contributed by atoms with Crippen molar-refractivity contribution in [1.82, 2.24) is 4.90 Å². The summed E-state index contributed by atoms with van der Waals surface area (Å²) in [4.78, 5) is 24.2. The van der Waals surface area contributed by atoms with Gasteiger partial charge >= 0.3 is 0 Å². The molecule has 1 rings (SSSR count). The van der Waals surface area contributed by atoms with E-state index < -0.39 is 0 Å². The zero-order valence-electron chi connectivity index (χ0n) is 10.6. The van der Waals surface area contributed by atoms with Gasteiger partial charge in [-0.1, -0.05) is 31.6 Å². The van der Waals surface area contributed by atoms with Gasteiger partial charge in [-0.05, 0) is 25.7 Å². The highest BCUT2D eigenvalue weighted by atomic mass is 16.2. The van der Waals surface area contributed by atoms with Gasteiger partial charge < -0.3 is 0 Å². The minimum Gasteiger partial charge on any atom is -0.279 e. The lowest BCUT2D eigenvalue weighted by atomic mass is 10.1. The molecule has 0 saturated heterocycles. The van der Waals surface area contributed by atoms with E-state index in [0.29, 0.717) is 13.0 Å². The molecule has 0 fully saturated rings. The van der Waals surface area contributed by atoms with Crippen LogP contribution in [-0.4, -0.2) is 23.3 Å². The number of hydrogen-bond acceptors (Lipinski definition) is 2. The second-order valence-electron chi connectivity index (χ2n) is 4.40. The summed E-state index contributed by atoms with van der Waals surface area (Å²) in [6, 6.07) is 0. The molecule has 1 aliphatic heterocycles. The van der Waals surface area contributed by atoms with Gasteiger partial charge in [-0.25, -0.2) is 0 Å². The molecular formula is C14H21NO2. The van der Waals surface area contributed by atoms with Crippen LogP contribution in [-0.2, 0) is 9.59 Å². The normalized spacial score (nSPS) is 15.5. The third-order valence-corrected chi connectivity index (χ3v) is 3.03. The monoisotopic (exact) mass is 235 g/mol. The maximum absolute atomic E-state index is 11.5. The number of nitrogens with zero attached hydrogens (tertiary/aromatic N) is 1. The number of carbonyl (C=O) groups excluding carboxylic acids is 2. The second-order valence-corrected chi connectivity index (χ2v) is 4.40. The first-order chi connectivity index (χ1) is 8.15. The van der Waals surface area contributed by atoms with Gasteiger partial charge in [0, 0.05) is 19.0 Å². The number of unbranched alkanes of at least 4 members (excludes halogenated alkanes) is 2. The lowest BCUT2D eigenvalue weighted by molar-refractivity contribution is -0.142. The van der Waals surface area contributed by atoms with E-state index in [9.17, 15) is 9.59 Å². The third kappa shape index (κ3) is 4.55. The van der Waals surface area contributed by atoms with Crippen LogP contribution in [0.5, 0.6) is 0 Å².